The molecule has 0 radical (unpaired) electrons. The maximum absolute atomic E-state index is 12.3. The van der Waals surface area contributed by atoms with Crippen molar-refractivity contribution in [1.29, 1.82) is 0 Å². The number of thiocarbonyl (C=S) groups is 1. The molecule has 1 aromatic rings. The predicted octanol–water partition coefficient (Wildman–Crippen LogP) is 2.05. The van der Waals surface area contributed by atoms with E-state index in [0.717, 1.165) is 5.56 Å². The van der Waals surface area contributed by atoms with E-state index < -0.39 is 10.0 Å². The van der Waals surface area contributed by atoms with Gasteiger partial charge in [-0.05, 0) is 50.7 Å². The summed E-state index contributed by atoms with van der Waals surface area (Å²) in [6.07, 6.45) is 0.213. The van der Waals surface area contributed by atoms with E-state index in [-0.39, 0.29) is 17.1 Å². The highest BCUT2D eigenvalue weighted by molar-refractivity contribution is 7.89. The van der Waals surface area contributed by atoms with Gasteiger partial charge in [0.2, 0.25) is 10.0 Å². The first-order valence-corrected chi connectivity index (χ1v) is 9.70. The van der Waals surface area contributed by atoms with Gasteiger partial charge >= 0.3 is 0 Å². The molecule has 0 spiro atoms. The van der Waals surface area contributed by atoms with E-state index in [1.54, 1.807) is 18.2 Å². The van der Waals surface area contributed by atoms with E-state index in [1.165, 1.54) is 18.4 Å². The molecule has 1 heterocycles. The van der Waals surface area contributed by atoms with Crippen molar-refractivity contribution in [2.24, 2.45) is 0 Å². The fourth-order valence-corrected chi connectivity index (χ4v) is 3.83. The SMILES string of the molecule is Cc1ccc(S(=O)(=O)N(C)C)cc1NC(=S)N1C[C@H](C)O[C@@H](C)C1. The lowest BCUT2D eigenvalue weighted by atomic mass is 10.2. The smallest absolute Gasteiger partial charge is 0.242 e. The number of aryl methyl sites for hydroxylation is 1. The Morgan fingerprint density at radius 1 is 1.29 bits per heavy atom. The fraction of sp³-hybridized carbons (Fsp3) is 0.562. The molecule has 0 saturated carbocycles. The summed E-state index contributed by atoms with van der Waals surface area (Å²) in [4.78, 5) is 2.30. The Balaban J connectivity index is 2.22. The molecule has 0 aliphatic carbocycles. The van der Waals surface area contributed by atoms with Crippen LogP contribution in [-0.2, 0) is 14.8 Å². The van der Waals surface area contributed by atoms with E-state index in [9.17, 15) is 8.42 Å². The number of sulfonamides is 1. The topological polar surface area (TPSA) is 61.9 Å². The van der Waals surface area contributed by atoms with Crippen LogP contribution in [0.25, 0.3) is 0 Å². The van der Waals surface area contributed by atoms with E-state index in [1.807, 2.05) is 20.8 Å². The Morgan fingerprint density at radius 3 is 2.42 bits per heavy atom. The van der Waals surface area contributed by atoms with Crippen LogP contribution in [0.15, 0.2) is 23.1 Å². The minimum atomic E-state index is -3.48. The van der Waals surface area contributed by atoms with Crippen molar-refractivity contribution in [1.82, 2.24) is 9.21 Å². The second-order valence-electron chi connectivity index (χ2n) is 6.36. The van der Waals surface area contributed by atoms with Gasteiger partial charge in [0.25, 0.3) is 0 Å². The van der Waals surface area contributed by atoms with Gasteiger partial charge in [-0.3, -0.25) is 0 Å². The van der Waals surface area contributed by atoms with Gasteiger partial charge in [0.05, 0.1) is 17.1 Å². The van der Waals surface area contributed by atoms with Gasteiger partial charge < -0.3 is 15.0 Å². The Morgan fingerprint density at radius 2 is 1.88 bits per heavy atom. The van der Waals surface area contributed by atoms with Crippen LogP contribution < -0.4 is 5.32 Å². The van der Waals surface area contributed by atoms with Crippen molar-refractivity contribution >= 4 is 33.0 Å². The third kappa shape index (κ3) is 4.24. The van der Waals surface area contributed by atoms with Crippen LogP contribution in [0.4, 0.5) is 5.69 Å². The quantitative estimate of drug-likeness (QED) is 0.821. The molecule has 24 heavy (non-hydrogen) atoms. The summed E-state index contributed by atoms with van der Waals surface area (Å²) in [6, 6.07) is 5.02. The maximum Gasteiger partial charge on any atom is 0.242 e. The largest absolute Gasteiger partial charge is 0.372 e. The molecule has 2 rings (SSSR count). The Kier molecular flexibility index (Phi) is 5.85. The molecule has 0 aromatic heterocycles. The minimum absolute atomic E-state index is 0.107. The van der Waals surface area contributed by atoms with Gasteiger partial charge in [-0.2, -0.15) is 0 Å². The van der Waals surface area contributed by atoms with Gasteiger partial charge in [-0.25, -0.2) is 12.7 Å². The highest BCUT2D eigenvalue weighted by atomic mass is 32.2. The molecule has 0 unspecified atom stereocenters. The summed E-state index contributed by atoms with van der Waals surface area (Å²) in [5.74, 6) is 0. The first-order valence-electron chi connectivity index (χ1n) is 7.86. The normalized spacial score (nSPS) is 21.8. The van der Waals surface area contributed by atoms with Gasteiger partial charge in [0.15, 0.2) is 5.11 Å². The zero-order chi connectivity index (χ0) is 18.1. The average Bonchev–Trinajstić information content (AvgIpc) is 2.48. The van der Waals surface area contributed by atoms with E-state index in [4.69, 9.17) is 17.0 Å². The molecule has 0 amide bonds. The minimum Gasteiger partial charge on any atom is -0.372 e. The van der Waals surface area contributed by atoms with Crippen LogP contribution in [-0.4, -0.2) is 62.1 Å². The maximum atomic E-state index is 12.3. The first-order chi connectivity index (χ1) is 11.1. The van der Waals surface area contributed by atoms with Crippen molar-refractivity contribution in [3.8, 4) is 0 Å². The van der Waals surface area contributed by atoms with Gasteiger partial charge in [0, 0.05) is 32.9 Å². The zero-order valence-electron chi connectivity index (χ0n) is 14.7. The summed E-state index contributed by atoms with van der Waals surface area (Å²) in [7, 11) is -0.443. The lowest BCUT2D eigenvalue weighted by Crippen LogP contribution is -2.49. The van der Waals surface area contributed by atoms with Crippen LogP contribution in [0.3, 0.4) is 0 Å². The predicted molar refractivity (Wildman–Crippen MR) is 99.9 cm³/mol. The third-order valence-electron chi connectivity index (χ3n) is 3.94. The zero-order valence-corrected chi connectivity index (χ0v) is 16.4. The standard InChI is InChI=1S/C16H25N3O3S2/c1-11-6-7-14(24(20,21)18(4)5)8-15(11)17-16(23)19-9-12(2)22-13(3)10-19/h6-8,12-13H,9-10H2,1-5H3,(H,17,23)/t12-,13-/m0/s1. The van der Waals surface area contributed by atoms with Crippen molar-refractivity contribution in [3.05, 3.63) is 23.8 Å². The van der Waals surface area contributed by atoms with Crippen molar-refractivity contribution in [3.63, 3.8) is 0 Å². The van der Waals surface area contributed by atoms with Gasteiger partial charge in [-0.1, -0.05) is 6.07 Å². The van der Waals surface area contributed by atoms with Crippen LogP contribution in [0, 0.1) is 6.92 Å². The molecule has 0 bridgehead atoms. The Bertz CT molecular complexity index is 709. The van der Waals surface area contributed by atoms with E-state index >= 15 is 0 Å². The number of morpholine rings is 1. The van der Waals surface area contributed by atoms with Gasteiger partial charge in [0.1, 0.15) is 0 Å². The molecular weight excluding hydrogens is 346 g/mol. The monoisotopic (exact) mass is 371 g/mol. The highest BCUT2D eigenvalue weighted by Gasteiger charge is 2.24. The molecule has 1 saturated heterocycles. The molecule has 1 aliphatic heterocycles. The molecule has 1 aliphatic rings. The number of nitrogens with zero attached hydrogens (tertiary/aromatic N) is 2. The van der Waals surface area contributed by atoms with Crippen LogP contribution in [0.1, 0.15) is 19.4 Å². The Labute approximate surface area is 149 Å². The molecule has 134 valence electrons. The van der Waals surface area contributed by atoms with E-state index in [2.05, 4.69) is 10.2 Å². The molecule has 8 heteroatoms. The summed E-state index contributed by atoms with van der Waals surface area (Å²) in [5.41, 5.74) is 1.64. The van der Waals surface area contributed by atoms with E-state index in [0.29, 0.717) is 23.9 Å². The number of rotatable bonds is 3. The number of benzene rings is 1. The van der Waals surface area contributed by atoms with Gasteiger partial charge in [-0.15, -0.1) is 0 Å². The molecule has 2 atom stereocenters. The van der Waals surface area contributed by atoms with Crippen molar-refractivity contribution in [2.75, 3.05) is 32.5 Å². The molecule has 1 aromatic carbocycles. The Hall–Kier alpha value is -1.22. The number of hydrogen-bond donors (Lipinski definition) is 1. The van der Waals surface area contributed by atoms with Crippen LogP contribution in [0.2, 0.25) is 0 Å². The van der Waals surface area contributed by atoms with Crippen molar-refractivity contribution in [2.45, 2.75) is 37.9 Å². The summed E-state index contributed by atoms with van der Waals surface area (Å²) in [6.45, 7) is 7.37. The molecular formula is C16H25N3O3S2. The second kappa shape index (κ2) is 7.35. The number of hydrogen-bond acceptors (Lipinski definition) is 4. The lowest BCUT2D eigenvalue weighted by Gasteiger charge is -2.37. The molecule has 6 nitrogen and oxygen atoms in total. The second-order valence-corrected chi connectivity index (χ2v) is 8.90. The first kappa shape index (κ1) is 19.1. The third-order valence-corrected chi connectivity index (χ3v) is 6.11. The van der Waals surface area contributed by atoms with Crippen LogP contribution >= 0.6 is 12.2 Å². The summed E-state index contributed by atoms with van der Waals surface area (Å²) in [5, 5.41) is 3.77. The molecule has 1 N–H and O–H groups in total. The lowest BCUT2D eigenvalue weighted by molar-refractivity contribution is -0.0473. The highest BCUT2D eigenvalue weighted by Crippen LogP contribution is 2.23. The summed E-state index contributed by atoms with van der Waals surface area (Å²) < 4.78 is 31.5. The van der Waals surface area contributed by atoms with Crippen LogP contribution in [0.5, 0.6) is 0 Å². The van der Waals surface area contributed by atoms with Crippen molar-refractivity contribution < 1.29 is 13.2 Å². The number of ether oxygens (including phenoxy) is 1. The fourth-order valence-electron chi connectivity index (χ4n) is 2.65. The number of nitrogens with one attached hydrogen (secondary N) is 1. The molecule has 1 fully saturated rings. The average molecular weight is 372 g/mol. The summed E-state index contributed by atoms with van der Waals surface area (Å²) >= 11 is 5.51. The number of anilines is 1.